The Morgan fingerprint density at radius 2 is 2.55 bits per heavy atom. The summed E-state index contributed by atoms with van der Waals surface area (Å²) >= 11 is 2.18. The molecular weight excluding hydrogens is 259 g/mol. The first-order chi connectivity index (χ1) is 5.27. The number of methoxy groups -OCH3 is 1. The van der Waals surface area contributed by atoms with Gasteiger partial charge in [0.15, 0.2) is 0 Å². The van der Waals surface area contributed by atoms with Gasteiger partial charge >= 0.3 is 5.97 Å². The maximum atomic E-state index is 10.7. The minimum absolute atomic E-state index is 0.0666. The zero-order valence-corrected chi connectivity index (χ0v) is 8.33. The number of cyclic esters (lactones) is 1. The van der Waals surface area contributed by atoms with Crippen molar-refractivity contribution < 1.29 is 14.3 Å². The van der Waals surface area contributed by atoms with E-state index in [-0.39, 0.29) is 12.1 Å². The van der Waals surface area contributed by atoms with Crippen LogP contribution in [0.15, 0.2) is 11.6 Å². The molecule has 0 aromatic carbocycles. The van der Waals surface area contributed by atoms with Crippen LogP contribution in [-0.4, -0.2) is 30.2 Å². The van der Waals surface area contributed by atoms with Crippen LogP contribution < -0.4 is 0 Å². The summed E-state index contributed by atoms with van der Waals surface area (Å²) in [5.41, 5.74) is 0.937. The molecular formula is C7H9IO3. The van der Waals surface area contributed by atoms with Gasteiger partial charge in [0, 0.05) is 23.2 Å². The average molecular weight is 268 g/mol. The van der Waals surface area contributed by atoms with Crippen LogP contribution in [0.3, 0.4) is 0 Å². The van der Waals surface area contributed by atoms with Gasteiger partial charge in [-0.25, -0.2) is 4.79 Å². The Labute approximate surface area is 78.9 Å². The maximum Gasteiger partial charge on any atom is 0.331 e. The highest BCUT2D eigenvalue weighted by Gasteiger charge is 2.24. The highest BCUT2D eigenvalue weighted by molar-refractivity contribution is 14.1. The highest BCUT2D eigenvalue weighted by atomic mass is 127. The molecule has 0 amide bonds. The Morgan fingerprint density at radius 3 is 3.09 bits per heavy atom. The highest BCUT2D eigenvalue weighted by Crippen LogP contribution is 2.17. The molecule has 0 bridgehead atoms. The molecule has 4 heteroatoms. The van der Waals surface area contributed by atoms with E-state index in [4.69, 9.17) is 9.47 Å². The summed E-state index contributed by atoms with van der Waals surface area (Å²) in [7, 11) is 1.61. The molecule has 0 radical (unpaired) electrons. The molecule has 11 heavy (non-hydrogen) atoms. The molecule has 0 aliphatic carbocycles. The first-order valence-corrected chi connectivity index (χ1v) is 4.76. The van der Waals surface area contributed by atoms with Gasteiger partial charge in [0.1, 0.15) is 6.10 Å². The smallest absolute Gasteiger partial charge is 0.331 e. The van der Waals surface area contributed by atoms with Gasteiger partial charge in [-0.05, 0) is 0 Å². The van der Waals surface area contributed by atoms with Crippen molar-refractivity contribution in [3.8, 4) is 0 Å². The molecule has 0 aromatic rings. The predicted molar refractivity (Wildman–Crippen MR) is 48.7 cm³/mol. The van der Waals surface area contributed by atoms with Crippen molar-refractivity contribution in [1.82, 2.24) is 0 Å². The summed E-state index contributed by atoms with van der Waals surface area (Å²) in [4.78, 5) is 10.7. The van der Waals surface area contributed by atoms with E-state index < -0.39 is 0 Å². The quantitative estimate of drug-likeness (QED) is 0.434. The Hall–Kier alpha value is -0.100. The molecule has 0 spiro atoms. The van der Waals surface area contributed by atoms with E-state index in [0.717, 1.165) is 10.0 Å². The molecule has 62 valence electrons. The van der Waals surface area contributed by atoms with Crippen molar-refractivity contribution in [2.24, 2.45) is 0 Å². The van der Waals surface area contributed by atoms with Gasteiger partial charge in [-0.15, -0.1) is 0 Å². The van der Waals surface area contributed by atoms with Crippen molar-refractivity contribution in [3.63, 3.8) is 0 Å². The summed E-state index contributed by atoms with van der Waals surface area (Å²) in [6.07, 6.45) is 1.44. The number of esters is 1. The molecule has 1 rings (SSSR count). The van der Waals surface area contributed by atoms with Crippen LogP contribution in [0.25, 0.3) is 0 Å². The van der Waals surface area contributed by atoms with Gasteiger partial charge in [0.2, 0.25) is 0 Å². The Bertz CT molecular complexity index is 188. The van der Waals surface area contributed by atoms with Gasteiger partial charge in [-0.3, -0.25) is 0 Å². The number of alkyl halides is 1. The summed E-state index contributed by atoms with van der Waals surface area (Å²) in [5.74, 6) is -0.251. The topological polar surface area (TPSA) is 35.5 Å². The second-order valence-electron chi connectivity index (χ2n) is 2.23. The molecule has 0 fully saturated rings. The lowest BCUT2D eigenvalue weighted by Crippen LogP contribution is -2.15. The summed E-state index contributed by atoms with van der Waals surface area (Å²) in [6.45, 7) is 0.486. The van der Waals surface area contributed by atoms with E-state index in [2.05, 4.69) is 22.6 Å². The predicted octanol–water partition coefficient (Wildman–Crippen LogP) is 0.920. The summed E-state index contributed by atoms with van der Waals surface area (Å²) in [6, 6.07) is 0. The zero-order chi connectivity index (χ0) is 8.27. The standard InChI is InChI=1S/C7H9IO3/c1-10-4-5-2-7(9)11-6(5)3-8/h2,6H,3-4H2,1H3/t6-/m1/s1. The van der Waals surface area contributed by atoms with Crippen LogP contribution in [0.4, 0.5) is 0 Å². The van der Waals surface area contributed by atoms with Crippen molar-refractivity contribution in [1.29, 1.82) is 0 Å². The first-order valence-electron chi connectivity index (χ1n) is 3.24. The van der Waals surface area contributed by atoms with Crippen molar-refractivity contribution in [2.75, 3.05) is 18.1 Å². The van der Waals surface area contributed by atoms with E-state index in [1.807, 2.05) is 0 Å². The van der Waals surface area contributed by atoms with Gasteiger partial charge in [0.05, 0.1) is 6.61 Å². The van der Waals surface area contributed by atoms with E-state index in [9.17, 15) is 4.79 Å². The molecule has 0 saturated carbocycles. The number of rotatable bonds is 3. The summed E-state index contributed by atoms with van der Waals surface area (Å²) < 4.78 is 10.6. The van der Waals surface area contributed by atoms with Crippen LogP contribution in [0, 0.1) is 0 Å². The number of hydrogen-bond acceptors (Lipinski definition) is 3. The second-order valence-corrected chi connectivity index (χ2v) is 3.11. The third kappa shape index (κ3) is 2.16. The van der Waals surface area contributed by atoms with Crippen LogP contribution in [-0.2, 0) is 14.3 Å². The number of carbonyl (C=O) groups excluding carboxylic acids is 1. The number of halogens is 1. The minimum atomic E-state index is -0.251. The van der Waals surface area contributed by atoms with Gasteiger partial charge in [-0.2, -0.15) is 0 Å². The van der Waals surface area contributed by atoms with Crippen LogP contribution in [0.5, 0.6) is 0 Å². The second kappa shape index (κ2) is 4.06. The van der Waals surface area contributed by atoms with Crippen molar-refractivity contribution in [2.45, 2.75) is 6.10 Å². The van der Waals surface area contributed by atoms with E-state index >= 15 is 0 Å². The van der Waals surface area contributed by atoms with Gasteiger partial charge in [-0.1, -0.05) is 22.6 Å². The Morgan fingerprint density at radius 1 is 1.82 bits per heavy atom. The Balaban J connectivity index is 2.58. The van der Waals surface area contributed by atoms with Crippen molar-refractivity contribution >= 4 is 28.6 Å². The van der Waals surface area contributed by atoms with Crippen LogP contribution in [0.1, 0.15) is 0 Å². The van der Waals surface area contributed by atoms with E-state index in [1.54, 1.807) is 7.11 Å². The van der Waals surface area contributed by atoms with Crippen LogP contribution >= 0.6 is 22.6 Å². The maximum absolute atomic E-state index is 10.7. The molecule has 0 aromatic heterocycles. The molecule has 0 saturated heterocycles. The lowest BCUT2D eigenvalue weighted by molar-refractivity contribution is -0.137. The van der Waals surface area contributed by atoms with E-state index in [1.165, 1.54) is 6.08 Å². The number of carbonyl (C=O) groups is 1. The molecule has 1 aliphatic heterocycles. The van der Waals surface area contributed by atoms with Crippen LogP contribution in [0.2, 0.25) is 0 Å². The Kier molecular flexibility index (Phi) is 3.32. The first kappa shape index (κ1) is 8.99. The average Bonchev–Trinajstić information content (AvgIpc) is 2.32. The SMILES string of the molecule is COCC1=CC(=O)O[C@@H]1CI. The third-order valence-electron chi connectivity index (χ3n) is 1.43. The molecule has 1 heterocycles. The minimum Gasteiger partial charge on any atom is -0.454 e. The fourth-order valence-corrected chi connectivity index (χ4v) is 1.67. The zero-order valence-electron chi connectivity index (χ0n) is 6.17. The molecule has 0 unspecified atom stereocenters. The molecule has 1 atom stereocenters. The third-order valence-corrected chi connectivity index (χ3v) is 2.23. The normalized spacial score (nSPS) is 23.3. The fraction of sp³-hybridized carbons (Fsp3) is 0.571. The summed E-state index contributed by atoms with van der Waals surface area (Å²) in [5, 5.41) is 0. The van der Waals surface area contributed by atoms with Gasteiger partial charge < -0.3 is 9.47 Å². The lowest BCUT2D eigenvalue weighted by Gasteiger charge is -2.09. The monoisotopic (exact) mass is 268 g/mol. The fourth-order valence-electron chi connectivity index (χ4n) is 0.926. The van der Waals surface area contributed by atoms with E-state index in [0.29, 0.717) is 6.61 Å². The lowest BCUT2D eigenvalue weighted by atomic mass is 10.2. The largest absolute Gasteiger partial charge is 0.454 e. The number of ether oxygens (including phenoxy) is 2. The van der Waals surface area contributed by atoms with Gasteiger partial charge in [0.25, 0.3) is 0 Å². The number of hydrogen-bond donors (Lipinski definition) is 0. The van der Waals surface area contributed by atoms with Crippen molar-refractivity contribution in [3.05, 3.63) is 11.6 Å². The molecule has 3 nitrogen and oxygen atoms in total. The molecule has 1 aliphatic rings. The molecule has 0 N–H and O–H groups in total.